The molecule has 1 unspecified atom stereocenters. The molecule has 27 heavy (non-hydrogen) atoms. The second-order valence-electron chi connectivity index (χ2n) is 6.22. The van der Waals surface area contributed by atoms with Gasteiger partial charge < -0.3 is 20.3 Å². The van der Waals surface area contributed by atoms with E-state index in [0.717, 1.165) is 6.54 Å². The Morgan fingerprint density at radius 1 is 1.15 bits per heavy atom. The summed E-state index contributed by atoms with van der Waals surface area (Å²) in [5, 5.41) is 5.90. The molecule has 0 aliphatic carbocycles. The van der Waals surface area contributed by atoms with Crippen LogP contribution in [-0.2, 0) is 14.3 Å². The minimum Gasteiger partial charge on any atom is -0.366 e. The van der Waals surface area contributed by atoms with Crippen molar-refractivity contribution in [3.05, 3.63) is 30.1 Å². The highest BCUT2D eigenvalue weighted by molar-refractivity contribution is 5.92. The predicted molar refractivity (Wildman–Crippen MR) is 105 cm³/mol. The second-order valence-corrected chi connectivity index (χ2v) is 6.22. The van der Waals surface area contributed by atoms with Gasteiger partial charge in [-0.1, -0.05) is 0 Å². The highest BCUT2D eigenvalue weighted by Gasteiger charge is 2.29. The fourth-order valence-electron chi connectivity index (χ4n) is 2.99. The van der Waals surface area contributed by atoms with E-state index in [1.807, 2.05) is 4.90 Å². The molecule has 0 radical (unpaired) electrons. The minimum atomic E-state index is -0.401. The molecule has 0 bridgehead atoms. The molecule has 1 atom stereocenters. The number of hydrogen-bond acceptors (Lipinski definition) is 5. The van der Waals surface area contributed by atoms with Crippen LogP contribution in [0, 0.1) is 5.82 Å². The standard InChI is InChI=1S/C17H23FN4O3.2ClH/c18-13-1-3-14(4-2-13)20-16(23)12-21-6-8-22(9-7-21)17(24)15-11-19-5-10-25-15;;/h1-4,15,19H,5-12H2,(H,20,23);2*1H. The van der Waals surface area contributed by atoms with E-state index in [4.69, 9.17) is 4.74 Å². The van der Waals surface area contributed by atoms with Gasteiger partial charge in [-0.3, -0.25) is 14.5 Å². The zero-order valence-electron chi connectivity index (χ0n) is 14.9. The van der Waals surface area contributed by atoms with Crippen molar-refractivity contribution in [2.75, 3.05) is 57.7 Å². The third-order valence-electron chi connectivity index (χ3n) is 4.38. The number of nitrogens with one attached hydrogen (secondary N) is 2. The van der Waals surface area contributed by atoms with Gasteiger partial charge in [0, 0.05) is 45.0 Å². The molecule has 0 aromatic heterocycles. The number of carbonyl (C=O) groups is 2. The average Bonchev–Trinajstić information content (AvgIpc) is 2.64. The molecule has 2 N–H and O–H groups in total. The summed E-state index contributed by atoms with van der Waals surface area (Å²) >= 11 is 0. The van der Waals surface area contributed by atoms with Crippen LogP contribution in [0.4, 0.5) is 10.1 Å². The topological polar surface area (TPSA) is 73.9 Å². The molecule has 1 aromatic rings. The number of ether oxygens (including phenoxy) is 1. The molecular formula is C17H25Cl2FN4O3. The molecule has 3 rings (SSSR count). The summed E-state index contributed by atoms with van der Waals surface area (Å²) in [5.74, 6) is -0.468. The molecule has 2 saturated heterocycles. The Hall–Kier alpha value is -1.45. The number of nitrogens with zero attached hydrogens (tertiary/aromatic N) is 2. The van der Waals surface area contributed by atoms with Gasteiger partial charge in [-0.05, 0) is 24.3 Å². The van der Waals surface area contributed by atoms with Crippen LogP contribution >= 0.6 is 24.8 Å². The van der Waals surface area contributed by atoms with Crippen molar-refractivity contribution in [2.24, 2.45) is 0 Å². The van der Waals surface area contributed by atoms with Crippen LogP contribution in [0.1, 0.15) is 0 Å². The number of morpholine rings is 1. The van der Waals surface area contributed by atoms with E-state index in [2.05, 4.69) is 10.6 Å². The van der Waals surface area contributed by atoms with Crippen molar-refractivity contribution in [3.8, 4) is 0 Å². The normalized spacial score (nSPS) is 20.2. The van der Waals surface area contributed by atoms with E-state index < -0.39 is 6.10 Å². The quantitative estimate of drug-likeness (QED) is 0.748. The second kappa shape index (κ2) is 11.4. The van der Waals surface area contributed by atoms with Gasteiger partial charge in [-0.25, -0.2) is 4.39 Å². The molecule has 2 heterocycles. The van der Waals surface area contributed by atoms with Gasteiger partial charge >= 0.3 is 0 Å². The number of benzene rings is 1. The van der Waals surface area contributed by atoms with Crippen molar-refractivity contribution in [2.45, 2.75) is 6.10 Å². The van der Waals surface area contributed by atoms with E-state index in [9.17, 15) is 14.0 Å². The molecular weight excluding hydrogens is 398 g/mol. The molecule has 7 nitrogen and oxygen atoms in total. The Balaban J connectivity index is 0.00000182. The van der Waals surface area contributed by atoms with Crippen molar-refractivity contribution >= 4 is 42.3 Å². The fourth-order valence-corrected chi connectivity index (χ4v) is 2.99. The Morgan fingerprint density at radius 2 is 1.81 bits per heavy atom. The van der Waals surface area contributed by atoms with Gasteiger partial charge in [0.05, 0.1) is 13.2 Å². The van der Waals surface area contributed by atoms with Crippen molar-refractivity contribution in [3.63, 3.8) is 0 Å². The first-order chi connectivity index (χ1) is 12.1. The summed E-state index contributed by atoms with van der Waals surface area (Å²) in [6.45, 7) is 4.59. The number of hydrogen-bond donors (Lipinski definition) is 2. The fraction of sp³-hybridized carbons (Fsp3) is 0.529. The lowest BCUT2D eigenvalue weighted by Crippen LogP contribution is -2.55. The minimum absolute atomic E-state index is 0. The first-order valence-corrected chi connectivity index (χ1v) is 8.51. The third kappa shape index (κ3) is 6.90. The van der Waals surface area contributed by atoms with Crippen molar-refractivity contribution in [1.29, 1.82) is 0 Å². The lowest BCUT2D eigenvalue weighted by molar-refractivity contribution is -0.147. The Bertz CT molecular complexity index is 607. The molecule has 0 spiro atoms. The Morgan fingerprint density at radius 3 is 2.41 bits per heavy atom. The Labute approximate surface area is 170 Å². The number of anilines is 1. The summed E-state index contributed by atoms with van der Waals surface area (Å²) < 4.78 is 18.4. The first-order valence-electron chi connectivity index (χ1n) is 8.51. The summed E-state index contributed by atoms with van der Waals surface area (Å²) in [4.78, 5) is 28.3. The smallest absolute Gasteiger partial charge is 0.253 e. The van der Waals surface area contributed by atoms with E-state index in [0.29, 0.717) is 45.0 Å². The largest absolute Gasteiger partial charge is 0.366 e. The van der Waals surface area contributed by atoms with Crippen LogP contribution in [0.25, 0.3) is 0 Å². The molecule has 10 heteroatoms. The van der Waals surface area contributed by atoms with E-state index in [-0.39, 0.29) is 49.0 Å². The number of amides is 2. The summed E-state index contributed by atoms with van der Waals surface area (Å²) in [5.41, 5.74) is 0.571. The van der Waals surface area contributed by atoms with E-state index >= 15 is 0 Å². The van der Waals surface area contributed by atoms with Gasteiger partial charge in [-0.2, -0.15) is 0 Å². The molecule has 0 saturated carbocycles. The highest BCUT2D eigenvalue weighted by atomic mass is 35.5. The molecule has 1 aromatic carbocycles. The molecule has 2 fully saturated rings. The lowest BCUT2D eigenvalue weighted by Gasteiger charge is -2.36. The molecule has 2 aliphatic rings. The van der Waals surface area contributed by atoms with E-state index in [1.54, 1.807) is 4.90 Å². The lowest BCUT2D eigenvalue weighted by atomic mass is 10.2. The number of piperazine rings is 1. The highest BCUT2D eigenvalue weighted by Crippen LogP contribution is 2.10. The maximum absolute atomic E-state index is 12.9. The van der Waals surface area contributed by atoms with Gasteiger partial charge in [-0.15, -0.1) is 24.8 Å². The maximum Gasteiger partial charge on any atom is 0.253 e. The van der Waals surface area contributed by atoms with Gasteiger partial charge in [0.15, 0.2) is 0 Å². The van der Waals surface area contributed by atoms with Crippen molar-refractivity contribution in [1.82, 2.24) is 15.1 Å². The molecule has 152 valence electrons. The average molecular weight is 423 g/mol. The van der Waals surface area contributed by atoms with Crippen LogP contribution in [0.15, 0.2) is 24.3 Å². The molecule has 2 amide bonds. The van der Waals surface area contributed by atoms with Crippen LogP contribution in [-0.4, -0.2) is 80.1 Å². The predicted octanol–water partition coefficient (Wildman–Crippen LogP) is 0.740. The zero-order chi connectivity index (χ0) is 17.6. The number of carbonyl (C=O) groups excluding carboxylic acids is 2. The van der Waals surface area contributed by atoms with Crippen LogP contribution in [0.2, 0.25) is 0 Å². The van der Waals surface area contributed by atoms with Crippen LogP contribution in [0.5, 0.6) is 0 Å². The SMILES string of the molecule is Cl.Cl.O=C(CN1CCN(C(=O)C2CNCCO2)CC1)Nc1ccc(F)cc1. The Kier molecular flexibility index (Phi) is 9.97. The van der Waals surface area contributed by atoms with Crippen molar-refractivity contribution < 1.29 is 18.7 Å². The third-order valence-corrected chi connectivity index (χ3v) is 4.38. The summed E-state index contributed by atoms with van der Waals surface area (Å²) in [6, 6.07) is 5.68. The van der Waals surface area contributed by atoms with Gasteiger partial charge in [0.1, 0.15) is 11.9 Å². The first kappa shape index (κ1) is 23.6. The van der Waals surface area contributed by atoms with E-state index in [1.165, 1.54) is 24.3 Å². The molecule has 2 aliphatic heterocycles. The van der Waals surface area contributed by atoms with Crippen LogP contribution < -0.4 is 10.6 Å². The monoisotopic (exact) mass is 422 g/mol. The number of rotatable bonds is 4. The van der Waals surface area contributed by atoms with Gasteiger partial charge in [0.2, 0.25) is 5.91 Å². The van der Waals surface area contributed by atoms with Gasteiger partial charge in [0.25, 0.3) is 5.91 Å². The summed E-state index contributed by atoms with van der Waals surface area (Å²) in [6.07, 6.45) is -0.401. The zero-order valence-corrected chi connectivity index (χ0v) is 16.5. The number of halogens is 3. The summed E-state index contributed by atoms with van der Waals surface area (Å²) in [7, 11) is 0. The maximum atomic E-state index is 12.9. The van der Waals surface area contributed by atoms with Crippen LogP contribution in [0.3, 0.4) is 0 Å².